The van der Waals surface area contributed by atoms with Crippen LogP contribution in [-0.2, 0) is 0 Å². The molecule has 1 atom stereocenters. The maximum Gasteiger partial charge on any atom is 0.335 e. The van der Waals surface area contributed by atoms with Crippen LogP contribution in [0.4, 0.5) is 5.69 Å². The lowest BCUT2D eigenvalue weighted by Crippen LogP contribution is -2.08. The van der Waals surface area contributed by atoms with Crippen LogP contribution in [0.15, 0.2) is 33.3 Å². The fourth-order valence-electron chi connectivity index (χ4n) is 1.63. The first-order chi connectivity index (χ1) is 8.97. The Hall–Kier alpha value is -1.82. The number of hydrogen-bond donors (Lipinski definition) is 2. The Bertz CT molecular complexity index is 610. The highest BCUT2D eigenvalue weighted by Gasteiger charge is 2.13. The van der Waals surface area contributed by atoms with Gasteiger partial charge in [-0.2, -0.15) is 0 Å². The summed E-state index contributed by atoms with van der Waals surface area (Å²) in [6, 6.07) is 4.70. The summed E-state index contributed by atoms with van der Waals surface area (Å²) in [5, 5.41) is 12.1. The van der Waals surface area contributed by atoms with Crippen molar-refractivity contribution in [3.05, 3.63) is 46.1 Å². The first-order valence-corrected chi connectivity index (χ1v) is 6.48. The summed E-state index contributed by atoms with van der Waals surface area (Å²) >= 11 is 3.34. The van der Waals surface area contributed by atoms with Gasteiger partial charge < -0.3 is 14.8 Å². The highest BCUT2D eigenvalue weighted by Crippen LogP contribution is 2.27. The van der Waals surface area contributed by atoms with Gasteiger partial charge in [-0.1, -0.05) is 0 Å². The molecule has 0 saturated heterocycles. The molecule has 1 aromatic carbocycles. The minimum absolute atomic E-state index is 0.110. The van der Waals surface area contributed by atoms with Gasteiger partial charge in [-0.15, -0.1) is 0 Å². The number of carbonyl (C=O) groups is 1. The number of benzene rings is 1. The molecule has 19 heavy (non-hydrogen) atoms. The van der Waals surface area contributed by atoms with Gasteiger partial charge in [0.25, 0.3) is 0 Å². The Kier molecular flexibility index (Phi) is 3.90. The zero-order valence-electron chi connectivity index (χ0n) is 10.5. The van der Waals surface area contributed by atoms with Gasteiger partial charge in [-0.25, -0.2) is 9.78 Å². The molecule has 0 aliphatic carbocycles. The van der Waals surface area contributed by atoms with Crippen molar-refractivity contribution < 1.29 is 14.3 Å². The second-order valence-electron chi connectivity index (χ2n) is 4.17. The summed E-state index contributed by atoms with van der Waals surface area (Å²) in [7, 11) is 0. The van der Waals surface area contributed by atoms with Crippen LogP contribution in [0, 0.1) is 6.92 Å². The molecule has 0 amide bonds. The third-order valence-corrected chi connectivity index (χ3v) is 3.25. The molecule has 2 N–H and O–H groups in total. The maximum atomic E-state index is 10.8. The van der Waals surface area contributed by atoms with E-state index in [0.717, 1.165) is 11.4 Å². The van der Waals surface area contributed by atoms with Crippen LogP contribution in [0.25, 0.3) is 0 Å². The Morgan fingerprint density at radius 2 is 2.26 bits per heavy atom. The molecule has 0 aliphatic rings. The second kappa shape index (κ2) is 5.44. The molecule has 2 aromatic rings. The average Bonchev–Trinajstić information content (AvgIpc) is 2.78. The Balaban J connectivity index is 2.17. The molecule has 100 valence electrons. The van der Waals surface area contributed by atoms with Gasteiger partial charge in [0.05, 0.1) is 11.8 Å². The maximum absolute atomic E-state index is 10.8. The van der Waals surface area contributed by atoms with Crippen molar-refractivity contribution in [3.8, 4) is 0 Å². The molecule has 0 fully saturated rings. The van der Waals surface area contributed by atoms with Crippen LogP contribution in [0.1, 0.15) is 35.0 Å². The zero-order chi connectivity index (χ0) is 14.0. The van der Waals surface area contributed by atoms with E-state index in [9.17, 15) is 4.79 Å². The molecule has 0 spiro atoms. The number of nitrogens with one attached hydrogen (secondary N) is 1. The number of halogens is 1. The number of aromatic nitrogens is 1. The topological polar surface area (TPSA) is 75.4 Å². The largest absolute Gasteiger partial charge is 0.478 e. The summed E-state index contributed by atoms with van der Waals surface area (Å²) in [5.74, 6) is 0.388. The fourth-order valence-corrected chi connectivity index (χ4v) is 2.13. The van der Waals surface area contributed by atoms with Gasteiger partial charge in [0, 0.05) is 10.2 Å². The molecule has 0 aliphatic heterocycles. The number of rotatable bonds is 4. The van der Waals surface area contributed by atoms with Crippen LogP contribution in [0.2, 0.25) is 0 Å². The molecule has 0 bridgehead atoms. The van der Waals surface area contributed by atoms with Gasteiger partial charge in [0.2, 0.25) is 5.89 Å². The van der Waals surface area contributed by atoms with Crippen molar-refractivity contribution in [3.63, 3.8) is 0 Å². The molecule has 6 heteroatoms. The Morgan fingerprint density at radius 1 is 1.53 bits per heavy atom. The first kappa shape index (κ1) is 13.6. The number of aryl methyl sites for hydroxylation is 1. The normalized spacial score (nSPS) is 12.2. The van der Waals surface area contributed by atoms with E-state index in [4.69, 9.17) is 9.52 Å². The van der Waals surface area contributed by atoms with E-state index < -0.39 is 5.97 Å². The van der Waals surface area contributed by atoms with Gasteiger partial charge >= 0.3 is 5.97 Å². The third kappa shape index (κ3) is 3.14. The quantitative estimate of drug-likeness (QED) is 0.898. The lowest BCUT2D eigenvalue weighted by atomic mass is 10.2. The van der Waals surface area contributed by atoms with Gasteiger partial charge in [0.1, 0.15) is 11.8 Å². The monoisotopic (exact) mass is 324 g/mol. The van der Waals surface area contributed by atoms with Gasteiger partial charge in [-0.05, 0) is 48.0 Å². The number of oxazole rings is 1. The van der Waals surface area contributed by atoms with E-state index in [1.807, 2.05) is 13.8 Å². The van der Waals surface area contributed by atoms with E-state index in [0.29, 0.717) is 10.4 Å². The van der Waals surface area contributed by atoms with Crippen molar-refractivity contribution in [1.82, 2.24) is 4.98 Å². The molecule has 0 radical (unpaired) electrons. The van der Waals surface area contributed by atoms with Crippen LogP contribution in [0.3, 0.4) is 0 Å². The highest BCUT2D eigenvalue weighted by atomic mass is 79.9. The molecule has 5 nitrogen and oxygen atoms in total. The summed E-state index contributed by atoms with van der Waals surface area (Å²) in [5.41, 5.74) is 1.02. The van der Waals surface area contributed by atoms with E-state index >= 15 is 0 Å². The molecular weight excluding hydrogens is 312 g/mol. The molecule has 0 saturated carbocycles. The predicted molar refractivity (Wildman–Crippen MR) is 74.4 cm³/mol. The van der Waals surface area contributed by atoms with Crippen molar-refractivity contribution in [2.75, 3.05) is 5.32 Å². The molecule has 1 unspecified atom stereocenters. The summed E-state index contributed by atoms with van der Waals surface area (Å²) in [6.45, 7) is 3.75. The van der Waals surface area contributed by atoms with E-state index in [1.165, 1.54) is 0 Å². The summed E-state index contributed by atoms with van der Waals surface area (Å²) in [6.07, 6.45) is 1.66. The first-order valence-electron chi connectivity index (χ1n) is 5.69. The molecule has 2 rings (SSSR count). The molecule has 1 aromatic heterocycles. The number of aromatic carboxylic acids is 1. The Labute approximate surface area is 118 Å². The third-order valence-electron chi connectivity index (χ3n) is 2.60. The standard InChI is InChI=1S/C13H13BrN2O3/c1-7-6-15-12(19-7)8(2)16-11-4-3-9(13(17)18)5-10(11)14/h3-6,8,16H,1-2H3,(H,17,18). The van der Waals surface area contributed by atoms with Crippen molar-refractivity contribution in [2.24, 2.45) is 0 Å². The van der Waals surface area contributed by atoms with Crippen molar-refractivity contribution in [2.45, 2.75) is 19.9 Å². The lowest BCUT2D eigenvalue weighted by molar-refractivity contribution is 0.0697. The minimum atomic E-state index is -0.955. The van der Waals surface area contributed by atoms with E-state index in [-0.39, 0.29) is 11.6 Å². The van der Waals surface area contributed by atoms with Crippen LogP contribution >= 0.6 is 15.9 Å². The SMILES string of the molecule is Cc1cnc(C(C)Nc2ccc(C(=O)O)cc2Br)o1. The van der Waals surface area contributed by atoms with Crippen LogP contribution in [0.5, 0.6) is 0 Å². The van der Waals surface area contributed by atoms with E-state index in [1.54, 1.807) is 24.4 Å². The molecular formula is C13H13BrN2O3. The zero-order valence-corrected chi connectivity index (χ0v) is 12.1. The minimum Gasteiger partial charge on any atom is -0.478 e. The van der Waals surface area contributed by atoms with Crippen LogP contribution in [-0.4, -0.2) is 16.1 Å². The Morgan fingerprint density at radius 3 is 2.79 bits per heavy atom. The molecule has 1 heterocycles. The van der Waals surface area contributed by atoms with Crippen molar-refractivity contribution in [1.29, 1.82) is 0 Å². The van der Waals surface area contributed by atoms with Crippen molar-refractivity contribution >= 4 is 27.6 Å². The predicted octanol–water partition coefficient (Wildman–Crippen LogP) is 3.62. The summed E-state index contributed by atoms with van der Waals surface area (Å²) < 4.78 is 6.12. The average molecular weight is 325 g/mol. The van der Waals surface area contributed by atoms with E-state index in [2.05, 4.69) is 26.2 Å². The summed E-state index contributed by atoms with van der Waals surface area (Å²) in [4.78, 5) is 15.0. The van der Waals surface area contributed by atoms with Gasteiger partial charge in [0.15, 0.2) is 0 Å². The van der Waals surface area contributed by atoms with Crippen LogP contribution < -0.4 is 5.32 Å². The lowest BCUT2D eigenvalue weighted by Gasteiger charge is -2.13. The highest BCUT2D eigenvalue weighted by molar-refractivity contribution is 9.10. The number of nitrogens with zero attached hydrogens (tertiary/aromatic N) is 1. The fraction of sp³-hybridized carbons (Fsp3) is 0.231. The number of carboxylic acids is 1. The second-order valence-corrected chi connectivity index (χ2v) is 5.03. The van der Waals surface area contributed by atoms with Gasteiger partial charge in [-0.3, -0.25) is 0 Å². The smallest absolute Gasteiger partial charge is 0.335 e. The number of hydrogen-bond acceptors (Lipinski definition) is 4. The number of anilines is 1. The number of carboxylic acid groups (broad SMARTS) is 1.